The van der Waals surface area contributed by atoms with Crippen LogP contribution in [0.15, 0.2) is 60.0 Å². The monoisotopic (exact) mass is 378 g/mol. The lowest BCUT2D eigenvalue weighted by Crippen LogP contribution is -2.06. The van der Waals surface area contributed by atoms with Crippen LogP contribution in [0.25, 0.3) is 17.1 Å². The lowest BCUT2D eigenvalue weighted by Gasteiger charge is -2.12. The molecule has 4 aromatic rings. The molecule has 0 spiro atoms. The van der Waals surface area contributed by atoms with E-state index in [2.05, 4.69) is 49.1 Å². The lowest BCUT2D eigenvalue weighted by atomic mass is 10.2. The van der Waals surface area contributed by atoms with E-state index in [0.717, 1.165) is 34.6 Å². The molecular formula is C18H18N8S. The number of pyridine rings is 1. The molecule has 0 unspecified atom stereocenters. The van der Waals surface area contributed by atoms with Gasteiger partial charge in [0.05, 0.1) is 10.9 Å². The summed E-state index contributed by atoms with van der Waals surface area (Å²) >= 11 is 1.59. The Morgan fingerprint density at radius 2 is 1.78 bits per heavy atom. The van der Waals surface area contributed by atoms with E-state index >= 15 is 0 Å². The van der Waals surface area contributed by atoms with Crippen molar-refractivity contribution >= 4 is 11.8 Å². The minimum absolute atomic E-state index is 0.00000357. The molecule has 3 heterocycles. The summed E-state index contributed by atoms with van der Waals surface area (Å²) in [5, 5.41) is 21.8. The summed E-state index contributed by atoms with van der Waals surface area (Å²) in [5.41, 5.74) is 1.92. The van der Waals surface area contributed by atoms with Crippen molar-refractivity contribution in [1.29, 1.82) is 0 Å². The average molecular weight is 378 g/mol. The first kappa shape index (κ1) is 17.3. The number of rotatable bonds is 6. The number of benzene rings is 1. The lowest BCUT2D eigenvalue weighted by molar-refractivity contribution is 0.683. The Hall–Kier alpha value is -3.07. The van der Waals surface area contributed by atoms with E-state index in [1.54, 1.807) is 28.8 Å². The van der Waals surface area contributed by atoms with Crippen LogP contribution < -0.4 is 0 Å². The van der Waals surface area contributed by atoms with E-state index in [4.69, 9.17) is 0 Å². The Kier molecular flexibility index (Phi) is 4.93. The zero-order valence-corrected chi connectivity index (χ0v) is 15.8. The summed E-state index contributed by atoms with van der Waals surface area (Å²) < 4.78 is 3.85. The van der Waals surface area contributed by atoms with Gasteiger partial charge in [-0.15, -0.1) is 15.3 Å². The fourth-order valence-electron chi connectivity index (χ4n) is 2.79. The van der Waals surface area contributed by atoms with Crippen LogP contribution in [-0.4, -0.2) is 40.0 Å². The Morgan fingerprint density at radius 1 is 1.00 bits per heavy atom. The summed E-state index contributed by atoms with van der Waals surface area (Å²) in [6.07, 6.45) is 3.51. The fraction of sp³-hybridized carbons (Fsp3) is 0.222. The Bertz CT molecular complexity index is 1010. The first-order valence-corrected chi connectivity index (χ1v) is 9.50. The van der Waals surface area contributed by atoms with Crippen molar-refractivity contribution in [2.75, 3.05) is 0 Å². The number of hydrogen-bond donors (Lipinski definition) is 0. The van der Waals surface area contributed by atoms with Gasteiger partial charge in [-0.3, -0.25) is 4.98 Å². The van der Waals surface area contributed by atoms with Crippen molar-refractivity contribution in [3.8, 4) is 17.1 Å². The van der Waals surface area contributed by atoms with Crippen molar-refractivity contribution in [2.45, 2.75) is 30.8 Å². The highest BCUT2D eigenvalue weighted by molar-refractivity contribution is 7.99. The second kappa shape index (κ2) is 7.67. The van der Waals surface area contributed by atoms with Gasteiger partial charge in [-0.05, 0) is 48.5 Å². The molecule has 0 radical (unpaired) electrons. The minimum atomic E-state index is -0.00000357. The average Bonchev–Trinajstić information content (AvgIpc) is 3.36. The smallest absolute Gasteiger partial charge is 0.192 e. The van der Waals surface area contributed by atoms with E-state index < -0.39 is 0 Å². The van der Waals surface area contributed by atoms with Gasteiger partial charge in [0, 0.05) is 24.5 Å². The van der Waals surface area contributed by atoms with Gasteiger partial charge >= 0.3 is 0 Å². The molecule has 4 rings (SSSR count). The molecule has 0 saturated carbocycles. The molecule has 136 valence electrons. The first-order valence-electron chi connectivity index (χ1n) is 8.62. The van der Waals surface area contributed by atoms with Crippen LogP contribution in [0.3, 0.4) is 0 Å². The maximum absolute atomic E-state index is 4.39. The summed E-state index contributed by atoms with van der Waals surface area (Å²) in [7, 11) is 0. The van der Waals surface area contributed by atoms with Gasteiger partial charge in [0.2, 0.25) is 0 Å². The van der Waals surface area contributed by atoms with Crippen LogP contribution in [-0.2, 0) is 6.54 Å². The second-order valence-electron chi connectivity index (χ2n) is 5.83. The molecule has 0 aliphatic carbocycles. The molecule has 0 bridgehead atoms. The van der Waals surface area contributed by atoms with Crippen molar-refractivity contribution in [1.82, 2.24) is 40.0 Å². The molecule has 0 fully saturated rings. The molecule has 0 N–H and O–H groups in total. The number of para-hydroxylation sites is 1. The summed E-state index contributed by atoms with van der Waals surface area (Å²) in [6, 6.07) is 13.7. The molecular weight excluding hydrogens is 360 g/mol. The van der Waals surface area contributed by atoms with Crippen LogP contribution in [0, 0.1) is 0 Å². The number of hydrogen-bond acceptors (Lipinski definition) is 7. The van der Waals surface area contributed by atoms with Gasteiger partial charge < -0.3 is 4.57 Å². The molecule has 27 heavy (non-hydrogen) atoms. The highest BCUT2D eigenvalue weighted by Gasteiger charge is 2.21. The number of tetrazole rings is 1. The number of aromatic nitrogens is 8. The molecule has 0 aliphatic rings. The Balaban J connectivity index is 1.63. The zero-order chi connectivity index (χ0) is 18.6. The summed E-state index contributed by atoms with van der Waals surface area (Å²) in [4.78, 5) is 4.07. The highest BCUT2D eigenvalue weighted by Crippen LogP contribution is 2.34. The highest BCUT2D eigenvalue weighted by atomic mass is 32.2. The van der Waals surface area contributed by atoms with E-state index in [1.165, 1.54) is 0 Å². The van der Waals surface area contributed by atoms with Crippen LogP contribution in [0.5, 0.6) is 0 Å². The van der Waals surface area contributed by atoms with E-state index in [0.29, 0.717) is 0 Å². The molecule has 0 aliphatic heterocycles. The normalized spacial score (nSPS) is 12.2. The van der Waals surface area contributed by atoms with Crippen molar-refractivity contribution in [3.63, 3.8) is 0 Å². The van der Waals surface area contributed by atoms with Crippen LogP contribution in [0.4, 0.5) is 0 Å². The van der Waals surface area contributed by atoms with E-state index in [1.807, 2.05) is 42.5 Å². The molecule has 8 nitrogen and oxygen atoms in total. The molecule has 1 aromatic carbocycles. The summed E-state index contributed by atoms with van der Waals surface area (Å²) in [6.45, 7) is 4.91. The van der Waals surface area contributed by atoms with Crippen molar-refractivity contribution < 1.29 is 0 Å². The molecule has 0 amide bonds. The predicted molar refractivity (Wildman–Crippen MR) is 102 cm³/mol. The van der Waals surface area contributed by atoms with Gasteiger partial charge in [-0.1, -0.05) is 30.0 Å². The Labute approximate surface area is 160 Å². The van der Waals surface area contributed by atoms with Gasteiger partial charge in [0.25, 0.3) is 0 Å². The predicted octanol–water partition coefficient (Wildman–Crippen LogP) is 3.19. The molecule has 1 atom stereocenters. The zero-order valence-electron chi connectivity index (χ0n) is 15.0. The molecule has 3 aromatic heterocycles. The topological polar surface area (TPSA) is 87.2 Å². The number of nitrogens with zero attached hydrogens (tertiary/aromatic N) is 8. The molecule has 9 heteroatoms. The quantitative estimate of drug-likeness (QED) is 0.476. The fourth-order valence-corrected chi connectivity index (χ4v) is 3.79. The Morgan fingerprint density at radius 3 is 2.52 bits per heavy atom. The standard InChI is InChI=1S/C18H18N8S/c1-3-25-17(14-9-11-19-12-10-14)20-22-18(25)27-13(2)16-21-23-24-26(16)15-7-5-4-6-8-15/h4-13H,3H2,1-2H3/t13-/m0/s1. The van der Waals surface area contributed by atoms with Crippen LogP contribution >= 0.6 is 11.8 Å². The van der Waals surface area contributed by atoms with Crippen LogP contribution in [0.1, 0.15) is 24.9 Å². The van der Waals surface area contributed by atoms with Gasteiger partial charge in [-0.2, -0.15) is 4.68 Å². The largest absolute Gasteiger partial charge is 0.302 e. The van der Waals surface area contributed by atoms with Crippen molar-refractivity contribution in [2.24, 2.45) is 0 Å². The third-order valence-electron chi connectivity index (χ3n) is 4.11. The van der Waals surface area contributed by atoms with Crippen molar-refractivity contribution in [3.05, 3.63) is 60.7 Å². The van der Waals surface area contributed by atoms with Gasteiger partial charge in [0.15, 0.2) is 16.8 Å². The third-order valence-corrected chi connectivity index (χ3v) is 5.19. The second-order valence-corrected chi connectivity index (χ2v) is 7.14. The SMILES string of the molecule is CCn1c(S[C@@H](C)c2nnnn2-c2ccccc2)nnc1-c1ccncc1. The van der Waals surface area contributed by atoms with Gasteiger partial charge in [0.1, 0.15) is 0 Å². The maximum atomic E-state index is 4.39. The van der Waals surface area contributed by atoms with E-state index in [-0.39, 0.29) is 5.25 Å². The third kappa shape index (κ3) is 3.45. The first-order chi connectivity index (χ1) is 13.3. The van der Waals surface area contributed by atoms with Gasteiger partial charge in [-0.25, -0.2) is 0 Å². The summed E-state index contributed by atoms with van der Waals surface area (Å²) in [5.74, 6) is 1.60. The maximum Gasteiger partial charge on any atom is 0.192 e. The molecule has 0 saturated heterocycles. The number of thioether (sulfide) groups is 1. The van der Waals surface area contributed by atoms with Crippen LogP contribution in [0.2, 0.25) is 0 Å². The van der Waals surface area contributed by atoms with E-state index in [9.17, 15) is 0 Å². The minimum Gasteiger partial charge on any atom is -0.302 e.